The van der Waals surface area contributed by atoms with E-state index in [2.05, 4.69) is 4.74 Å². The molecular formula is C14H3F9O2. The van der Waals surface area contributed by atoms with Crippen LogP contribution in [0.5, 0.6) is 0 Å². The Morgan fingerprint density at radius 2 is 0.840 bits per heavy atom. The van der Waals surface area contributed by atoms with Gasteiger partial charge in [0.1, 0.15) is 5.56 Å². The van der Waals surface area contributed by atoms with Crippen LogP contribution in [0.1, 0.15) is 10.4 Å². The van der Waals surface area contributed by atoms with Crippen molar-refractivity contribution >= 4 is 5.97 Å². The summed E-state index contributed by atoms with van der Waals surface area (Å²) in [5, 5.41) is 0. The van der Waals surface area contributed by atoms with Crippen molar-refractivity contribution in [3.63, 3.8) is 0 Å². The fourth-order valence-corrected chi connectivity index (χ4v) is 1.96. The van der Waals surface area contributed by atoms with Crippen molar-refractivity contribution < 1.29 is 49.0 Å². The van der Waals surface area contributed by atoms with Gasteiger partial charge in [-0.05, 0) is 0 Å². The molecule has 0 N–H and O–H groups in total. The second-order valence-electron chi connectivity index (χ2n) is 4.44. The molecule has 0 spiro atoms. The van der Waals surface area contributed by atoms with E-state index in [1.54, 1.807) is 0 Å². The number of hydrogen-bond acceptors (Lipinski definition) is 2. The predicted octanol–water partition coefficient (Wildman–Crippen LogP) is 4.39. The van der Waals surface area contributed by atoms with Crippen LogP contribution in [0.4, 0.5) is 39.5 Å². The Balaban J connectivity index is 3.00. The lowest BCUT2D eigenvalue weighted by Gasteiger charge is -2.13. The van der Waals surface area contributed by atoms with Gasteiger partial charge in [-0.3, -0.25) is 0 Å². The van der Waals surface area contributed by atoms with Crippen LogP contribution in [0, 0.1) is 52.4 Å². The highest BCUT2D eigenvalue weighted by Gasteiger charge is 2.36. The van der Waals surface area contributed by atoms with Gasteiger partial charge >= 0.3 is 5.97 Å². The normalized spacial score (nSPS) is 11.0. The first kappa shape index (κ1) is 18.6. The quantitative estimate of drug-likeness (QED) is 0.337. The van der Waals surface area contributed by atoms with E-state index >= 15 is 0 Å². The summed E-state index contributed by atoms with van der Waals surface area (Å²) in [4.78, 5) is 11.1. The van der Waals surface area contributed by atoms with Crippen molar-refractivity contribution in [3.8, 4) is 11.1 Å². The van der Waals surface area contributed by atoms with Gasteiger partial charge in [0.25, 0.3) is 0 Å². The molecule has 0 aliphatic rings. The molecule has 0 fully saturated rings. The molecule has 0 bridgehead atoms. The third-order valence-electron chi connectivity index (χ3n) is 3.11. The van der Waals surface area contributed by atoms with Crippen LogP contribution in [0.2, 0.25) is 0 Å². The summed E-state index contributed by atoms with van der Waals surface area (Å²) in [6.07, 6.45) is 0. The Morgan fingerprint density at radius 3 is 1.16 bits per heavy atom. The Kier molecular flexibility index (Phi) is 4.69. The smallest absolute Gasteiger partial charge is 0.344 e. The fourth-order valence-electron chi connectivity index (χ4n) is 1.96. The van der Waals surface area contributed by atoms with Gasteiger partial charge in [-0.1, -0.05) is 0 Å². The van der Waals surface area contributed by atoms with E-state index in [4.69, 9.17) is 0 Å². The van der Waals surface area contributed by atoms with Crippen molar-refractivity contribution in [2.24, 2.45) is 0 Å². The lowest BCUT2D eigenvalue weighted by atomic mass is 9.99. The molecule has 0 radical (unpaired) electrons. The molecule has 0 unspecified atom stereocenters. The number of carbonyl (C=O) groups excluding carboxylic acids is 1. The molecule has 2 nitrogen and oxygen atoms in total. The zero-order chi connectivity index (χ0) is 19.2. The number of methoxy groups -OCH3 is 1. The third kappa shape index (κ3) is 2.59. The zero-order valence-corrected chi connectivity index (χ0v) is 11.7. The minimum absolute atomic E-state index is 0.606. The molecule has 134 valence electrons. The van der Waals surface area contributed by atoms with E-state index in [1.807, 2.05) is 0 Å². The minimum atomic E-state index is -2.68. The number of carbonyl (C=O) groups is 1. The Bertz CT molecular complexity index is 850. The zero-order valence-electron chi connectivity index (χ0n) is 11.7. The summed E-state index contributed by atoms with van der Waals surface area (Å²) < 4.78 is 126. The van der Waals surface area contributed by atoms with Crippen molar-refractivity contribution in [2.45, 2.75) is 0 Å². The third-order valence-corrected chi connectivity index (χ3v) is 3.11. The number of esters is 1. The van der Waals surface area contributed by atoms with Gasteiger partial charge < -0.3 is 4.74 Å². The minimum Gasteiger partial charge on any atom is -0.465 e. The summed E-state index contributed by atoms with van der Waals surface area (Å²) in [5.74, 6) is -25.1. The second kappa shape index (κ2) is 6.30. The number of benzene rings is 2. The maximum absolute atomic E-state index is 13.9. The van der Waals surface area contributed by atoms with Crippen LogP contribution in [0.3, 0.4) is 0 Å². The molecule has 0 aliphatic carbocycles. The Hall–Kier alpha value is -2.72. The lowest BCUT2D eigenvalue weighted by molar-refractivity contribution is 0.0587. The highest BCUT2D eigenvalue weighted by molar-refractivity contribution is 5.91. The summed E-state index contributed by atoms with van der Waals surface area (Å²) in [6, 6.07) is 0. The van der Waals surface area contributed by atoms with Gasteiger partial charge in [0, 0.05) is 0 Å². The van der Waals surface area contributed by atoms with Crippen molar-refractivity contribution in [1.29, 1.82) is 0 Å². The molecule has 11 heteroatoms. The molecule has 0 amide bonds. The second-order valence-corrected chi connectivity index (χ2v) is 4.44. The highest BCUT2D eigenvalue weighted by atomic mass is 19.2. The topological polar surface area (TPSA) is 26.3 Å². The molecular weight excluding hydrogens is 371 g/mol. The van der Waals surface area contributed by atoms with E-state index < -0.39 is 75.0 Å². The van der Waals surface area contributed by atoms with Crippen molar-refractivity contribution in [2.75, 3.05) is 7.11 Å². The predicted molar refractivity (Wildman–Crippen MR) is 62.8 cm³/mol. The van der Waals surface area contributed by atoms with E-state index in [0.717, 1.165) is 0 Å². The summed E-state index contributed by atoms with van der Waals surface area (Å²) >= 11 is 0. The number of ether oxygens (including phenoxy) is 1. The summed E-state index contributed by atoms with van der Waals surface area (Å²) in [7, 11) is 0.606. The van der Waals surface area contributed by atoms with Crippen LogP contribution in [-0.4, -0.2) is 13.1 Å². The molecule has 0 aromatic heterocycles. The van der Waals surface area contributed by atoms with Gasteiger partial charge in [-0.2, -0.15) is 0 Å². The van der Waals surface area contributed by atoms with Crippen LogP contribution in [0.25, 0.3) is 11.1 Å². The first-order chi connectivity index (χ1) is 11.6. The van der Waals surface area contributed by atoms with Crippen LogP contribution >= 0.6 is 0 Å². The van der Waals surface area contributed by atoms with Crippen molar-refractivity contribution in [1.82, 2.24) is 0 Å². The Morgan fingerprint density at radius 1 is 0.560 bits per heavy atom. The van der Waals surface area contributed by atoms with Crippen LogP contribution < -0.4 is 0 Å². The molecule has 0 saturated carbocycles. The molecule has 0 saturated heterocycles. The lowest BCUT2D eigenvalue weighted by Crippen LogP contribution is -2.15. The van der Waals surface area contributed by atoms with Gasteiger partial charge in [0.05, 0.1) is 18.2 Å². The number of halogens is 9. The van der Waals surface area contributed by atoms with Crippen LogP contribution in [-0.2, 0) is 4.74 Å². The maximum Gasteiger partial charge on any atom is 0.344 e. The fraction of sp³-hybridized carbons (Fsp3) is 0.0714. The number of hydrogen-bond donors (Lipinski definition) is 0. The van der Waals surface area contributed by atoms with Crippen molar-refractivity contribution in [3.05, 3.63) is 57.9 Å². The first-order valence-corrected chi connectivity index (χ1v) is 6.02. The maximum atomic E-state index is 13.9. The van der Waals surface area contributed by atoms with Crippen LogP contribution in [0.15, 0.2) is 0 Å². The standard InChI is InChI=1S/C14H3F9O2/c1-25-14(24)4-9(19)5(15)2(6(16)10(4)20)3-7(17)11(21)13(23)12(22)8(3)18/h1H3. The molecule has 2 aromatic carbocycles. The molecule has 0 aliphatic heterocycles. The Labute approximate surface area is 132 Å². The molecule has 2 aromatic rings. The summed E-state index contributed by atoms with van der Waals surface area (Å²) in [6.45, 7) is 0. The van der Waals surface area contributed by atoms with E-state index in [-0.39, 0.29) is 0 Å². The molecule has 25 heavy (non-hydrogen) atoms. The largest absolute Gasteiger partial charge is 0.465 e. The van der Waals surface area contributed by atoms with Gasteiger partial charge in [-0.25, -0.2) is 44.3 Å². The average molecular weight is 374 g/mol. The molecule has 0 atom stereocenters. The van der Waals surface area contributed by atoms with E-state index in [1.165, 1.54) is 0 Å². The van der Waals surface area contributed by atoms with E-state index in [9.17, 15) is 44.3 Å². The number of rotatable bonds is 2. The average Bonchev–Trinajstić information content (AvgIpc) is 2.59. The monoisotopic (exact) mass is 374 g/mol. The van der Waals surface area contributed by atoms with Gasteiger partial charge in [0.2, 0.25) is 5.82 Å². The van der Waals surface area contributed by atoms with E-state index in [0.29, 0.717) is 7.11 Å². The van der Waals surface area contributed by atoms with Gasteiger partial charge in [-0.15, -0.1) is 0 Å². The van der Waals surface area contributed by atoms with Gasteiger partial charge in [0.15, 0.2) is 46.5 Å². The molecule has 2 rings (SSSR count). The first-order valence-electron chi connectivity index (χ1n) is 6.02. The SMILES string of the molecule is COC(=O)c1c(F)c(F)c(-c2c(F)c(F)c(F)c(F)c2F)c(F)c1F. The molecule has 0 heterocycles. The summed E-state index contributed by atoms with van der Waals surface area (Å²) in [5.41, 5.74) is -6.33. The highest BCUT2D eigenvalue weighted by Crippen LogP contribution is 2.37.